The van der Waals surface area contributed by atoms with Crippen molar-refractivity contribution in [2.24, 2.45) is 5.73 Å². The van der Waals surface area contributed by atoms with Crippen LogP contribution in [0.3, 0.4) is 0 Å². The van der Waals surface area contributed by atoms with Gasteiger partial charge in [-0.25, -0.2) is 8.78 Å². The van der Waals surface area contributed by atoms with Gasteiger partial charge in [0.1, 0.15) is 11.6 Å². The summed E-state index contributed by atoms with van der Waals surface area (Å²) in [6.45, 7) is 0.148. The number of nitrogens with two attached hydrogens (primary N) is 1. The predicted molar refractivity (Wildman–Crippen MR) is 68.8 cm³/mol. The van der Waals surface area contributed by atoms with Crippen LogP contribution >= 0.6 is 0 Å². The first-order valence-corrected chi connectivity index (χ1v) is 5.60. The average Bonchev–Trinajstić information content (AvgIpc) is 2.38. The molecule has 0 aromatic heterocycles. The molecule has 0 unspecified atom stereocenters. The summed E-state index contributed by atoms with van der Waals surface area (Å²) in [6, 6.07) is 11.1. The van der Waals surface area contributed by atoms with E-state index in [1.54, 1.807) is 42.3 Å². The standard InChI is InChI=1S/C14H14F2N2/c1-18(14-5-3-2-4-12(14)15)11-7-6-10(9-17)13(16)8-11/h2-8H,9,17H2,1H3. The lowest BCUT2D eigenvalue weighted by Crippen LogP contribution is -2.12. The second-order valence-corrected chi connectivity index (χ2v) is 3.99. The Hall–Kier alpha value is -1.94. The van der Waals surface area contributed by atoms with Crippen LogP contribution in [0.15, 0.2) is 42.5 Å². The summed E-state index contributed by atoms with van der Waals surface area (Å²) in [5, 5.41) is 0. The molecule has 2 aromatic rings. The highest BCUT2D eigenvalue weighted by Gasteiger charge is 2.10. The van der Waals surface area contributed by atoms with Gasteiger partial charge in [0.05, 0.1) is 5.69 Å². The lowest BCUT2D eigenvalue weighted by atomic mass is 10.1. The van der Waals surface area contributed by atoms with Crippen LogP contribution in [0.5, 0.6) is 0 Å². The zero-order valence-electron chi connectivity index (χ0n) is 10.0. The lowest BCUT2D eigenvalue weighted by molar-refractivity contribution is 0.609. The highest BCUT2D eigenvalue weighted by atomic mass is 19.1. The monoisotopic (exact) mass is 248 g/mol. The molecule has 0 aliphatic rings. The Morgan fingerprint density at radius 3 is 2.39 bits per heavy atom. The predicted octanol–water partition coefficient (Wildman–Crippen LogP) is 3.19. The first kappa shape index (κ1) is 12.5. The molecule has 0 radical (unpaired) electrons. The van der Waals surface area contributed by atoms with Crippen molar-refractivity contribution in [2.75, 3.05) is 11.9 Å². The maximum Gasteiger partial charge on any atom is 0.146 e. The molecule has 4 heteroatoms. The van der Waals surface area contributed by atoms with Crippen LogP contribution in [0.4, 0.5) is 20.2 Å². The maximum atomic E-state index is 13.6. The molecule has 0 heterocycles. The van der Waals surface area contributed by atoms with E-state index in [1.807, 2.05) is 0 Å². The van der Waals surface area contributed by atoms with Gasteiger partial charge < -0.3 is 10.6 Å². The third-order valence-corrected chi connectivity index (χ3v) is 2.86. The Labute approximate surface area is 105 Å². The van der Waals surface area contributed by atoms with E-state index in [9.17, 15) is 8.78 Å². The largest absolute Gasteiger partial charge is 0.342 e. The Bertz CT molecular complexity index is 555. The number of halogens is 2. The normalized spacial score (nSPS) is 10.4. The summed E-state index contributed by atoms with van der Waals surface area (Å²) in [7, 11) is 1.69. The van der Waals surface area contributed by atoms with Crippen LogP contribution in [0, 0.1) is 11.6 Å². The summed E-state index contributed by atoms with van der Waals surface area (Å²) in [5.74, 6) is -0.721. The molecule has 0 atom stereocenters. The first-order valence-electron chi connectivity index (χ1n) is 5.60. The Balaban J connectivity index is 2.37. The van der Waals surface area contributed by atoms with Crippen LogP contribution < -0.4 is 10.6 Å². The van der Waals surface area contributed by atoms with E-state index >= 15 is 0 Å². The van der Waals surface area contributed by atoms with Gasteiger partial charge in [0.15, 0.2) is 0 Å². The molecule has 0 saturated heterocycles. The van der Waals surface area contributed by atoms with Gasteiger partial charge in [-0.15, -0.1) is 0 Å². The van der Waals surface area contributed by atoms with Crippen molar-refractivity contribution in [2.45, 2.75) is 6.54 Å². The summed E-state index contributed by atoms with van der Waals surface area (Å²) >= 11 is 0. The Morgan fingerprint density at radius 2 is 1.78 bits per heavy atom. The smallest absolute Gasteiger partial charge is 0.146 e. The van der Waals surface area contributed by atoms with E-state index in [-0.39, 0.29) is 18.2 Å². The van der Waals surface area contributed by atoms with Crippen LogP contribution in [0.25, 0.3) is 0 Å². The second-order valence-electron chi connectivity index (χ2n) is 3.99. The molecular weight excluding hydrogens is 234 g/mol. The molecule has 94 valence electrons. The van der Waals surface area contributed by atoms with Crippen molar-refractivity contribution in [3.63, 3.8) is 0 Å². The fraction of sp³-hybridized carbons (Fsp3) is 0.143. The Morgan fingerprint density at radius 1 is 1.06 bits per heavy atom. The van der Waals surface area contributed by atoms with Gasteiger partial charge in [0, 0.05) is 24.8 Å². The molecule has 2 aromatic carbocycles. The molecule has 2 N–H and O–H groups in total. The Kier molecular flexibility index (Phi) is 3.58. The van der Waals surface area contributed by atoms with Gasteiger partial charge in [-0.05, 0) is 24.3 Å². The number of nitrogens with zero attached hydrogens (tertiary/aromatic N) is 1. The summed E-state index contributed by atoms with van der Waals surface area (Å²) < 4.78 is 27.2. The summed E-state index contributed by atoms with van der Waals surface area (Å²) in [5.41, 5.74) is 6.82. The minimum Gasteiger partial charge on any atom is -0.342 e. The second kappa shape index (κ2) is 5.14. The molecule has 0 fully saturated rings. The fourth-order valence-corrected chi connectivity index (χ4v) is 1.77. The van der Waals surface area contributed by atoms with Gasteiger partial charge in [-0.2, -0.15) is 0 Å². The molecule has 2 rings (SSSR count). The quantitative estimate of drug-likeness (QED) is 0.903. The third-order valence-electron chi connectivity index (χ3n) is 2.86. The fourth-order valence-electron chi connectivity index (χ4n) is 1.77. The van der Waals surface area contributed by atoms with Gasteiger partial charge in [-0.3, -0.25) is 0 Å². The number of benzene rings is 2. The van der Waals surface area contributed by atoms with Crippen molar-refractivity contribution in [1.82, 2.24) is 0 Å². The van der Waals surface area contributed by atoms with Gasteiger partial charge in [-0.1, -0.05) is 18.2 Å². The minimum absolute atomic E-state index is 0.148. The molecule has 0 amide bonds. The van der Waals surface area contributed by atoms with E-state index in [0.717, 1.165) is 0 Å². The van der Waals surface area contributed by atoms with Gasteiger partial charge in [0.25, 0.3) is 0 Å². The van der Waals surface area contributed by atoms with Crippen LogP contribution in [-0.4, -0.2) is 7.05 Å². The number of hydrogen-bond donors (Lipinski definition) is 1. The lowest BCUT2D eigenvalue weighted by Gasteiger charge is -2.20. The van der Waals surface area contributed by atoms with Crippen LogP contribution in [-0.2, 0) is 6.54 Å². The minimum atomic E-state index is -0.377. The number of para-hydroxylation sites is 1. The average molecular weight is 248 g/mol. The summed E-state index contributed by atoms with van der Waals surface area (Å²) in [4.78, 5) is 1.60. The van der Waals surface area contributed by atoms with E-state index in [4.69, 9.17) is 5.73 Å². The van der Waals surface area contributed by atoms with E-state index in [1.165, 1.54) is 12.1 Å². The van der Waals surface area contributed by atoms with Crippen LogP contribution in [0.1, 0.15) is 5.56 Å². The van der Waals surface area contributed by atoms with Gasteiger partial charge >= 0.3 is 0 Å². The van der Waals surface area contributed by atoms with Crippen LogP contribution in [0.2, 0.25) is 0 Å². The van der Waals surface area contributed by atoms with Crippen molar-refractivity contribution in [3.05, 3.63) is 59.7 Å². The molecule has 0 spiro atoms. The third kappa shape index (κ3) is 2.33. The van der Waals surface area contributed by atoms with Crippen molar-refractivity contribution in [1.29, 1.82) is 0 Å². The number of hydrogen-bond acceptors (Lipinski definition) is 2. The van der Waals surface area contributed by atoms with Gasteiger partial charge in [0.2, 0.25) is 0 Å². The molecule has 2 nitrogen and oxygen atoms in total. The molecule has 0 aliphatic heterocycles. The van der Waals surface area contributed by atoms with E-state index in [2.05, 4.69) is 0 Å². The molecule has 18 heavy (non-hydrogen) atoms. The van der Waals surface area contributed by atoms with E-state index < -0.39 is 0 Å². The molecule has 0 bridgehead atoms. The highest BCUT2D eigenvalue weighted by molar-refractivity contribution is 5.63. The number of anilines is 2. The first-order chi connectivity index (χ1) is 8.63. The van der Waals surface area contributed by atoms with Crippen molar-refractivity contribution < 1.29 is 8.78 Å². The van der Waals surface area contributed by atoms with E-state index in [0.29, 0.717) is 16.9 Å². The molecule has 0 saturated carbocycles. The maximum absolute atomic E-state index is 13.6. The SMILES string of the molecule is CN(c1ccc(CN)c(F)c1)c1ccccc1F. The molecular formula is C14H14F2N2. The topological polar surface area (TPSA) is 29.3 Å². The summed E-state index contributed by atoms with van der Waals surface area (Å²) in [6.07, 6.45) is 0. The molecule has 0 aliphatic carbocycles. The number of rotatable bonds is 3. The zero-order valence-corrected chi connectivity index (χ0v) is 10.0. The zero-order chi connectivity index (χ0) is 13.1. The van der Waals surface area contributed by atoms with Crippen molar-refractivity contribution >= 4 is 11.4 Å². The highest BCUT2D eigenvalue weighted by Crippen LogP contribution is 2.27. The van der Waals surface area contributed by atoms with Crippen molar-refractivity contribution in [3.8, 4) is 0 Å².